The molecule has 2 aliphatic heterocycles. The summed E-state index contributed by atoms with van der Waals surface area (Å²) in [5.41, 5.74) is 2.90. The molecule has 0 spiro atoms. The van der Waals surface area contributed by atoms with Gasteiger partial charge >= 0.3 is 0 Å². The van der Waals surface area contributed by atoms with Gasteiger partial charge in [-0.1, -0.05) is 0 Å². The lowest BCUT2D eigenvalue weighted by Crippen LogP contribution is -2.34. The monoisotopic (exact) mass is 294 g/mol. The van der Waals surface area contributed by atoms with Gasteiger partial charge in [0.05, 0.1) is 11.5 Å². The zero-order valence-corrected chi connectivity index (χ0v) is 12.0. The molecule has 1 amide bonds. The molecule has 0 aliphatic carbocycles. The van der Waals surface area contributed by atoms with E-state index >= 15 is 0 Å². The maximum Gasteiger partial charge on any atom is 0.224 e. The van der Waals surface area contributed by atoms with E-state index in [1.165, 1.54) is 0 Å². The lowest BCUT2D eigenvalue weighted by Gasteiger charge is -2.25. The van der Waals surface area contributed by atoms with Gasteiger partial charge in [0.25, 0.3) is 0 Å². The van der Waals surface area contributed by atoms with Gasteiger partial charge in [0.2, 0.25) is 5.91 Å². The van der Waals surface area contributed by atoms with Gasteiger partial charge in [-0.15, -0.1) is 0 Å². The van der Waals surface area contributed by atoms with Crippen LogP contribution in [-0.4, -0.2) is 31.9 Å². The summed E-state index contributed by atoms with van der Waals surface area (Å²) in [7, 11) is -2.90. The van der Waals surface area contributed by atoms with Crippen LogP contribution in [0, 0.1) is 0 Å². The Bertz CT molecular complexity index is 640. The lowest BCUT2D eigenvalue weighted by molar-refractivity contribution is -0.116. The number of sulfone groups is 1. The Balaban J connectivity index is 1.74. The molecule has 5 nitrogen and oxygen atoms in total. The van der Waals surface area contributed by atoms with Crippen LogP contribution < -0.4 is 10.6 Å². The van der Waals surface area contributed by atoms with Crippen LogP contribution in [0.4, 0.5) is 11.4 Å². The first kappa shape index (κ1) is 13.4. The van der Waals surface area contributed by atoms with Gasteiger partial charge in [-0.05, 0) is 43.0 Å². The Morgan fingerprint density at radius 3 is 2.90 bits per heavy atom. The molecule has 1 unspecified atom stereocenters. The molecule has 2 N–H and O–H groups in total. The molecule has 0 radical (unpaired) electrons. The van der Waals surface area contributed by atoms with Crippen molar-refractivity contribution < 1.29 is 13.2 Å². The van der Waals surface area contributed by atoms with Crippen LogP contribution in [-0.2, 0) is 21.1 Å². The van der Waals surface area contributed by atoms with Crippen LogP contribution in [0.5, 0.6) is 0 Å². The summed E-state index contributed by atoms with van der Waals surface area (Å²) in [6.45, 7) is 0. The number of aryl methyl sites for hydroxylation is 1. The fourth-order valence-corrected chi connectivity index (χ4v) is 4.48. The fraction of sp³-hybridized carbons (Fsp3) is 0.500. The van der Waals surface area contributed by atoms with Gasteiger partial charge < -0.3 is 10.6 Å². The minimum Gasteiger partial charge on any atom is -0.381 e. The van der Waals surface area contributed by atoms with E-state index in [-0.39, 0.29) is 17.7 Å². The van der Waals surface area contributed by atoms with Crippen LogP contribution >= 0.6 is 0 Å². The summed E-state index contributed by atoms with van der Waals surface area (Å²) in [5.74, 6) is 0.568. The third-order valence-electron chi connectivity index (χ3n) is 3.83. The highest BCUT2D eigenvalue weighted by Gasteiger charge is 2.24. The molecular formula is C14H18N2O3S. The number of benzene rings is 1. The number of carbonyl (C=O) groups is 1. The first-order valence-electron chi connectivity index (χ1n) is 6.92. The third-order valence-corrected chi connectivity index (χ3v) is 5.66. The van der Waals surface area contributed by atoms with Crippen molar-refractivity contribution in [3.63, 3.8) is 0 Å². The number of rotatable bonds is 2. The normalized spacial score (nSPS) is 24.6. The maximum atomic E-state index is 11.6. The third kappa shape index (κ3) is 2.95. The van der Waals surface area contributed by atoms with Crippen molar-refractivity contribution in [3.8, 4) is 0 Å². The van der Waals surface area contributed by atoms with Gasteiger partial charge in [-0.2, -0.15) is 0 Å². The first-order chi connectivity index (χ1) is 9.52. The Labute approximate surface area is 118 Å². The predicted octanol–water partition coefficient (Wildman–Crippen LogP) is 1.56. The molecule has 2 aliphatic rings. The van der Waals surface area contributed by atoms with Crippen LogP contribution in [0.1, 0.15) is 24.8 Å². The summed E-state index contributed by atoms with van der Waals surface area (Å²) in [6, 6.07) is 5.78. The van der Waals surface area contributed by atoms with Gasteiger partial charge in [0.1, 0.15) is 0 Å². The number of nitrogens with one attached hydrogen (secondary N) is 2. The Morgan fingerprint density at radius 2 is 2.10 bits per heavy atom. The van der Waals surface area contributed by atoms with Crippen molar-refractivity contribution >= 4 is 27.1 Å². The van der Waals surface area contributed by atoms with Crippen molar-refractivity contribution in [1.82, 2.24) is 0 Å². The minimum atomic E-state index is -2.90. The van der Waals surface area contributed by atoms with E-state index in [0.29, 0.717) is 12.2 Å². The first-order valence-corrected chi connectivity index (χ1v) is 8.74. The molecule has 108 valence electrons. The molecule has 0 bridgehead atoms. The SMILES string of the molecule is O=C1CCc2cc(NC3CCCS(=O)(=O)C3)ccc2N1. The van der Waals surface area contributed by atoms with Gasteiger partial charge in [0, 0.05) is 23.8 Å². The zero-order valence-electron chi connectivity index (χ0n) is 11.2. The fourth-order valence-electron chi connectivity index (χ4n) is 2.85. The summed E-state index contributed by atoms with van der Waals surface area (Å²) >= 11 is 0. The number of amides is 1. The van der Waals surface area contributed by atoms with Crippen molar-refractivity contribution in [2.24, 2.45) is 0 Å². The highest BCUT2D eigenvalue weighted by molar-refractivity contribution is 7.91. The summed E-state index contributed by atoms with van der Waals surface area (Å²) in [4.78, 5) is 11.3. The number of anilines is 2. The van der Waals surface area contributed by atoms with E-state index in [0.717, 1.165) is 36.2 Å². The molecule has 1 aromatic rings. The summed E-state index contributed by atoms with van der Waals surface area (Å²) in [5, 5.41) is 6.15. The smallest absolute Gasteiger partial charge is 0.224 e. The molecule has 1 atom stereocenters. The van der Waals surface area contributed by atoms with Crippen LogP contribution in [0.3, 0.4) is 0 Å². The van der Waals surface area contributed by atoms with E-state index in [1.54, 1.807) is 0 Å². The number of carbonyl (C=O) groups excluding carboxylic acids is 1. The quantitative estimate of drug-likeness (QED) is 0.868. The molecule has 1 aromatic carbocycles. The van der Waals surface area contributed by atoms with Gasteiger partial charge in [-0.25, -0.2) is 8.42 Å². The largest absolute Gasteiger partial charge is 0.381 e. The Hall–Kier alpha value is -1.56. The maximum absolute atomic E-state index is 11.6. The Kier molecular flexibility index (Phi) is 3.41. The molecule has 0 saturated carbocycles. The number of hydrogen-bond donors (Lipinski definition) is 2. The zero-order chi connectivity index (χ0) is 14.2. The van der Waals surface area contributed by atoms with Crippen molar-refractivity contribution in [2.75, 3.05) is 22.1 Å². The average Bonchev–Trinajstić information content (AvgIpc) is 2.38. The molecule has 1 saturated heterocycles. The topological polar surface area (TPSA) is 75.3 Å². The van der Waals surface area contributed by atoms with E-state index in [1.807, 2.05) is 18.2 Å². The second kappa shape index (κ2) is 5.09. The molecule has 0 aromatic heterocycles. The highest BCUT2D eigenvalue weighted by Crippen LogP contribution is 2.27. The van der Waals surface area contributed by atoms with Crippen molar-refractivity contribution in [1.29, 1.82) is 0 Å². The Morgan fingerprint density at radius 1 is 1.25 bits per heavy atom. The predicted molar refractivity (Wildman–Crippen MR) is 78.7 cm³/mol. The summed E-state index contributed by atoms with van der Waals surface area (Å²) < 4.78 is 23.3. The van der Waals surface area contributed by atoms with Crippen molar-refractivity contribution in [3.05, 3.63) is 23.8 Å². The molecule has 6 heteroatoms. The molecule has 1 fully saturated rings. The number of fused-ring (bicyclic) bond motifs is 1. The molecule has 3 rings (SSSR count). The lowest BCUT2D eigenvalue weighted by atomic mass is 10.0. The highest BCUT2D eigenvalue weighted by atomic mass is 32.2. The average molecular weight is 294 g/mol. The second-order valence-electron chi connectivity index (χ2n) is 5.52. The van der Waals surface area contributed by atoms with Gasteiger partial charge in [-0.3, -0.25) is 4.79 Å². The summed E-state index contributed by atoms with van der Waals surface area (Å²) in [6.07, 6.45) is 2.85. The minimum absolute atomic E-state index is 0.00928. The van der Waals surface area contributed by atoms with Crippen LogP contribution in [0.25, 0.3) is 0 Å². The number of hydrogen-bond acceptors (Lipinski definition) is 4. The van der Waals surface area contributed by atoms with Crippen LogP contribution in [0.15, 0.2) is 18.2 Å². The van der Waals surface area contributed by atoms with Crippen LogP contribution in [0.2, 0.25) is 0 Å². The van der Waals surface area contributed by atoms with E-state index in [9.17, 15) is 13.2 Å². The van der Waals surface area contributed by atoms with E-state index < -0.39 is 9.84 Å². The second-order valence-corrected chi connectivity index (χ2v) is 7.75. The molecule has 2 heterocycles. The molecular weight excluding hydrogens is 276 g/mol. The van der Waals surface area contributed by atoms with Crippen molar-refractivity contribution in [2.45, 2.75) is 31.7 Å². The molecule has 20 heavy (non-hydrogen) atoms. The standard InChI is InChI=1S/C14H18N2O3S/c17-14-6-3-10-8-11(4-5-13(10)16-14)15-12-2-1-7-20(18,19)9-12/h4-5,8,12,15H,1-3,6-7,9H2,(H,16,17). The van der Waals surface area contributed by atoms with E-state index in [4.69, 9.17) is 0 Å². The van der Waals surface area contributed by atoms with E-state index in [2.05, 4.69) is 10.6 Å². The van der Waals surface area contributed by atoms with Gasteiger partial charge in [0.15, 0.2) is 9.84 Å².